The Bertz CT molecular complexity index is 1700. The zero-order valence-electron chi connectivity index (χ0n) is 23.5. The van der Waals surface area contributed by atoms with Gasteiger partial charge in [-0.05, 0) is 76.9 Å². The van der Waals surface area contributed by atoms with E-state index in [1.165, 1.54) is 0 Å². The van der Waals surface area contributed by atoms with E-state index in [4.69, 9.17) is 26.4 Å². The van der Waals surface area contributed by atoms with Crippen molar-refractivity contribution >= 4 is 29.2 Å². The van der Waals surface area contributed by atoms with Crippen LogP contribution in [0.2, 0.25) is 5.15 Å². The molecule has 4 aromatic rings. The fraction of sp³-hybridized carbons (Fsp3) is 0.333. The SMILES string of the molecule is Cc1cc(-c2c(-c3cccc(C#N)c3)nn3ccc(C(=O)NC4(C)CCN(C(=O)OC(C)(C)C)C4)nc23)cc(Cl)n1. The summed E-state index contributed by atoms with van der Waals surface area (Å²) in [6, 6.07) is 14.5. The number of carbonyl (C=O) groups is 2. The zero-order chi connectivity index (χ0) is 29.5. The number of likely N-dealkylation sites (tertiary alicyclic amines) is 1. The Balaban J connectivity index is 1.51. The molecule has 1 saturated heterocycles. The number of hydrogen-bond donors (Lipinski definition) is 1. The van der Waals surface area contributed by atoms with E-state index < -0.39 is 17.2 Å². The topological polar surface area (TPSA) is 126 Å². The number of nitriles is 1. The van der Waals surface area contributed by atoms with Gasteiger partial charge in [0.15, 0.2) is 5.65 Å². The normalized spacial score (nSPS) is 17.0. The first-order valence-corrected chi connectivity index (χ1v) is 13.6. The summed E-state index contributed by atoms with van der Waals surface area (Å²) >= 11 is 6.32. The molecule has 1 aliphatic rings. The lowest BCUT2D eigenvalue weighted by atomic mass is 10.00. The van der Waals surface area contributed by atoms with Gasteiger partial charge in [-0.15, -0.1) is 0 Å². The molecule has 0 saturated carbocycles. The van der Waals surface area contributed by atoms with Crippen molar-refractivity contribution in [3.05, 3.63) is 70.8 Å². The van der Waals surface area contributed by atoms with Gasteiger partial charge in [0.25, 0.3) is 5.91 Å². The third-order valence-electron chi connectivity index (χ3n) is 6.73. The van der Waals surface area contributed by atoms with Crippen LogP contribution in [0.3, 0.4) is 0 Å². The Morgan fingerprint density at radius 2 is 1.93 bits per heavy atom. The molecule has 1 aromatic carbocycles. The maximum atomic E-state index is 13.5. The van der Waals surface area contributed by atoms with Gasteiger partial charge in [-0.2, -0.15) is 10.4 Å². The van der Waals surface area contributed by atoms with Gasteiger partial charge < -0.3 is 15.0 Å². The molecule has 0 radical (unpaired) electrons. The maximum Gasteiger partial charge on any atom is 0.410 e. The Labute approximate surface area is 242 Å². The van der Waals surface area contributed by atoms with E-state index in [0.717, 1.165) is 11.1 Å². The van der Waals surface area contributed by atoms with Crippen molar-refractivity contribution < 1.29 is 14.3 Å². The second-order valence-corrected chi connectivity index (χ2v) is 11.9. The lowest BCUT2D eigenvalue weighted by Gasteiger charge is -2.27. The molecule has 0 bridgehead atoms. The average molecular weight is 572 g/mol. The molecule has 4 heterocycles. The van der Waals surface area contributed by atoms with E-state index in [9.17, 15) is 14.9 Å². The first-order chi connectivity index (χ1) is 19.3. The predicted molar refractivity (Wildman–Crippen MR) is 154 cm³/mol. The van der Waals surface area contributed by atoms with E-state index in [1.807, 2.05) is 46.8 Å². The number of hydrogen-bond acceptors (Lipinski definition) is 7. The van der Waals surface area contributed by atoms with Crippen molar-refractivity contribution in [2.45, 2.75) is 52.2 Å². The van der Waals surface area contributed by atoms with E-state index >= 15 is 0 Å². The Morgan fingerprint density at radius 1 is 1.15 bits per heavy atom. The molecule has 1 N–H and O–H groups in total. The minimum absolute atomic E-state index is 0.199. The van der Waals surface area contributed by atoms with Gasteiger partial charge in [0.2, 0.25) is 0 Å². The zero-order valence-corrected chi connectivity index (χ0v) is 24.3. The third kappa shape index (κ3) is 6.00. The Kier molecular flexibility index (Phi) is 7.17. The van der Waals surface area contributed by atoms with Crippen LogP contribution in [0.4, 0.5) is 4.79 Å². The van der Waals surface area contributed by atoms with E-state index in [0.29, 0.717) is 52.8 Å². The number of carbonyl (C=O) groups excluding carboxylic acids is 2. The number of aromatic nitrogens is 4. The van der Waals surface area contributed by atoms with Crippen molar-refractivity contribution in [3.63, 3.8) is 0 Å². The largest absolute Gasteiger partial charge is 0.444 e. The van der Waals surface area contributed by atoms with Crippen LogP contribution in [-0.2, 0) is 4.74 Å². The third-order valence-corrected chi connectivity index (χ3v) is 6.93. The summed E-state index contributed by atoms with van der Waals surface area (Å²) in [5, 5.41) is 17.6. The summed E-state index contributed by atoms with van der Waals surface area (Å²) < 4.78 is 7.10. The molecule has 2 amide bonds. The summed E-state index contributed by atoms with van der Waals surface area (Å²) in [5.74, 6) is -0.370. The minimum Gasteiger partial charge on any atom is -0.444 e. The van der Waals surface area contributed by atoms with Gasteiger partial charge >= 0.3 is 6.09 Å². The van der Waals surface area contributed by atoms with Crippen molar-refractivity contribution in [1.29, 1.82) is 5.26 Å². The number of halogens is 1. The monoisotopic (exact) mass is 571 g/mol. The van der Waals surface area contributed by atoms with Crippen LogP contribution >= 0.6 is 11.6 Å². The van der Waals surface area contributed by atoms with E-state index in [-0.39, 0.29) is 11.6 Å². The highest BCUT2D eigenvalue weighted by atomic mass is 35.5. The number of amides is 2. The quantitative estimate of drug-likeness (QED) is 0.324. The van der Waals surface area contributed by atoms with Crippen molar-refractivity contribution in [1.82, 2.24) is 29.8 Å². The molecule has 5 rings (SSSR count). The van der Waals surface area contributed by atoms with Gasteiger partial charge in [-0.3, -0.25) is 4.79 Å². The first-order valence-electron chi connectivity index (χ1n) is 13.2. The maximum absolute atomic E-state index is 13.5. The van der Waals surface area contributed by atoms with Crippen LogP contribution in [0.5, 0.6) is 0 Å². The molecule has 11 heteroatoms. The van der Waals surface area contributed by atoms with Crippen LogP contribution in [-0.4, -0.2) is 60.7 Å². The fourth-order valence-electron chi connectivity index (χ4n) is 4.92. The lowest BCUT2D eigenvalue weighted by Crippen LogP contribution is -2.49. The standard InChI is InChI=1S/C30H30ClN7O3/c1-18-13-21(15-23(31)33-18)24-25(20-8-6-7-19(14-20)16-32)36-38-11-9-22(34-26(24)38)27(39)35-30(5)10-12-37(17-30)28(40)41-29(2,3)4/h6-9,11,13-15H,10,12,17H2,1-5H3,(H,35,39). The lowest BCUT2D eigenvalue weighted by molar-refractivity contribution is 0.0280. The number of nitrogens with zero attached hydrogens (tertiary/aromatic N) is 6. The number of rotatable bonds is 4. The molecule has 0 spiro atoms. The number of ether oxygens (including phenoxy) is 1. The van der Waals surface area contributed by atoms with E-state index in [1.54, 1.807) is 45.9 Å². The number of nitrogens with one attached hydrogen (secondary N) is 1. The predicted octanol–water partition coefficient (Wildman–Crippen LogP) is 5.42. The first kappa shape index (κ1) is 28.1. The van der Waals surface area contributed by atoms with Crippen LogP contribution < -0.4 is 5.32 Å². The van der Waals surface area contributed by atoms with Gasteiger partial charge in [-0.1, -0.05) is 23.7 Å². The van der Waals surface area contributed by atoms with Crippen molar-refractivity contribution in [2.24, 2.45) is 0 Å². The second kappa shape index (κ2) is 10.5. The molecule has 1 unspecified atom stereocenters. The summed E-state index contributed by atoms with van der Waals surface area (Å²) in [7, 11) is 0. The number of aryl methyl sites for hydroxylation is 1. The summed E-state index contributed by atoms with van der Waals surface area (Å²) in [6.45, 7) is 10.00. The number of fused-ring (bicyclic) bond motifs is 1. The molecule has 0 aliphatic carbocycles. The molecular formula is C30H30ClN7O3. The Morgan fingerprint density at radius 3 is 2.63 bits per heavy atom. The molecular weight excluding hydrogens is 542 g/mol. The number of pyridine rings is 1. The van der Waals surface area contributed by atoms with Crippen LogP contribution in [0.15, 0.2) is 48.7 Å². The molecule has 1 aliphatic heterocycles. The molecule has 3 aromatic heterocycles. The minimum atomic E-state index is -0.649. The van der Waals surface area contributed by atoms with Crippen LogP contribution in [0.1, 0.15) is 55.9 Å². The van der Waals surface area contributed by atoms with Crippen LogP contribution in [0, 0.1) is 18.3 Å². The van der Waals surface area contributed by atoms with Crippen molar-refractivity contribution in [2.75, 3.05) is 13.1 Å². The molecule has 10 nitrogen and oxygen atoms in total. The molecule has 210 valence electrons. The summed E-state index contributed by atoms with van der Waals surface area (Å²) in [6.07, 6.45) is 1.85. The average Bonchev–Trinajstić information content (AvgIpc) is 3.47. The van der Waals surface area contributed by atoms with E-state index in [2.05, 4.69) is 16.4 Å². The van der Waals surface area contributed by atoms with Gasteiger partial charge in [0.05, 0.1) is 22.7 Å². The van der Waals surface area contributed by atoms with Crippen LogP contribution in [0.25, 0.3) is 28.0 Å². The molecule has 1 atom stereocenters. The fourth-order valence-corrected chi connectivity index (χ4v) is 5.17. The van der Waals surface area contributed by atoms with Gasteiger partial charge in [-0.25, -0.2) is 19.3 Å². The van der Waals surface area contributed by atoms with Crippen molar-refractivity contribution in [3.8, 4) is 28.5 Å². The number of benzene rings is 1. The molecule has 1 fully saturated rings. The Hall–Kier alpha value is -4.49. The van der Waals surface area contributed by atoms with Gasteiger partial charge in [0, 0.05) is 30.5 Å². The summed E-state index contributed by atoms with van der Waals surface area (Å²) in [5.41, 5.74) is 3.30. The summed E-state index contributed by atoms with van der Waals surface area (Å²) in [4.78, 5) is 36.6. The second-order valence-electron chi connectivity index (χ2n) is 11.5. The highest BCUT2D eigenvalue weighted by molar-refractivity contribution is 6.29. The molecule has 41 heavy (non-hydrogen) atoms. The highest BCUT2D eigenvalue weighted by Gasteiger charge is 2.39. The smallest absolute Gasteiger partial charge is 0.410 e. The highest BCUT2D eigenvalue weighted by Crippen LogP contribution is 2.36. The van der Waals surface area contributed by atoms with Gasteiger partial charge in [0.1, 0.15) is 22.1 Å².